The Balaban J connectivity index is 1.92. The van der Waals surface area contributed by atoms with E-state index in [9.17, 15) is 0 Å². The van der Waals surface area contributed by atoms with Gasteiger partial charge in [0.25, 0.3) is 0 Å². The Bertz CT molecular complexity index is 1160. The maximum absolute atomic E-state index is 6.54. The van der Waals surface area contributed by atoms with Crippen LogP contribution in [-0.4, -0.2) is 4.98 Å². The van der Waals surface area contributed by atoms with E-state index in [0.29, 0.717) is 10.0 Å². The molecule has 1 aliphatic carbocycles. The number of nitrogens with zero attached hydrogens (tertiary/aromatic N) is 1. The molecule has 0 saturated heterocycles. The van der Waals surface area contributed by atoms with Crippen LogP contribution in [0, 0.1) is 0 Å². The van der Waals surface area contributed by atoms with E-state index in [1.165, 1.54) is 40.1 Å². The zero-order valence-electron chi connectivity index (χ0n) is 14.2. The predicted octanol–water partition coefficient (Wildman–Crippen LogP) is 7.24. The Morgan fingerprint density at radius 2 is 1.58 bits per heavy atom. The van der Waals surface area contributed by atoms with Gasteiger partial charge in [-0.2, -0.15) is 0 Å². The van der Waals surface area contributed by atoms with Gasteiger partial charge in [-0.1, -0.05) is 65.7 Å². The number of pyridine rings is 1. The van der Waals surface area contributed by atoms with Gasteiger partial charge in [-0.3, -0.25) is 0 Å². The van der Waals surface area contributed by atoms with E-state index in [1.54, 1.807) is 0 Å². The molecule has 3 aromatic carbocycles. The van der Waals surface area contributed by atoms with Crippen molar-refractivity contribution in [3.63, 3.8) is 0 Å². The molecule has 26 heavy (non-hydrogen) atoms. The minimum absolute atomic E-state index is 0.578. The van der Waals surface area contributed by atoms with E-state index in [2.05, 4.69) is 36.4 Å². The number of hydrogen-bond donors (Lipinski definition) is 0. The lowest BCUT2D eigenvalue weighted by atomic mass is 9.85. The Morgan fingerprint density at radius 1 is 0.769 bits per heavy atom. The number of rotatable bonds is 1. The van der Waals surface area contributed by atoms with Crippen LogP contribution in [0.4, 0.5) is 0 Å². The zero-order chi connectivity index (χ0) is 17.7. The fourth-order valence-corrected chi connectivity index (χ4v) is 4.60. The summed E-state index contributed by atoms with van der Waals surface area (Å²) in [5, 5.41) is 5.03. The third-order valence-corrected chi connectivity index (χ3v) is 6.22. The fourth-order valence-electron chi connectivity index (χ4n) is 4.21. The van der Waals surface area contributed by atoms with Gasteiger partial charge in [0.15, 0.2) is 0 Å². The third-order valence-electron chi connectivity index (χ3n) is 5.40. The van der Waals surface area contributed by atoms with Crippen LogP contribution in [0.3, 0.4) is 0 Å². The summed E-state index contributed by atoms with van der Waals surface area (Å²) < 4.78 is 0. The maximum Gasteiger partial charge on any atom is 0.0759 e. The van der Waals surface area contributed by atoms with Gasteiger partial charge in [0.05, 0.1) is 21.3 Å². The van der Waals surface area contributed by atoms with E-state index in [-0.39, 0.29) is 0 Å². The molecule has 4 aromatic rings. The smallest absolute Gasteiger partial charge is 0.0759 e. The molecule has 0 spiro atoms. The lowest BCUT2D eigenvalue weighted by Crippen LogP contribution is -2.08. The van der Waals surface area contributed by atoms with Crippen LogP contribution in [0.15, 0.2) is 54.6 Å². The summed E-state index contributed by atoms with van der Waals surface area (Å²) >= 11 is 12.8. The molecule has 0 aliphatic heterocycles. The van der Waals surface area contributed by atoms with Crippen molar-refractivity contribution in [1.29, 1.82) is 0 Å². The molecule has 0 amide bonds. The van der Waals surface area contributed by atoms with Crippen LogP contribution in [0.25, 0.3) is 32.9 Å². The van der Waals surface area contributed by atoms with Crippen LogP contribution < -0.4 is 0 Å². The molecule has 0 radical (unpaired) electrons. The minimum atomic E-state index is 0.578. The first kappa shape index (κ1) is 16.1. The van der Waals surface area contributed by atoms with Gasteiger partial charge >= 0.3 is 0 Å². The molecule has 0 N–H and O–H groups in total. The second-order valence-corrected chi connectivity index (χ2v) is 7.69. The lowest BCUT2D eigenvalue weighted by Gasteiger charge is -2.23. The summed E-state index contributed by atoms with van der Waals surface area (Å²) in [5.74, 6) is 0. The van der Waals surface area contributed by atoms with Crippen LogP contribution in [0.5, 0.6) is 0 Å². The molecule has 0 atom stereocenters. The first-order valence-electron chi connectivity index (χ1n) is 9.01. The molecule has 1 heterocycles. The molecule has 128 valence electrons. The van der Waals surface area contributed by atoms with Crippen molar-refractivity contribution in [2.45, 2.75) is 25.7 Å². The Hall–Kier alpha value is -2.09. The van der Waals surface area contributed by atoms with Crippen molar-refractivity contribution in [3.05, 3.63) is 75.8 Å². The number of aryl methyl sites for hydroxylation is 1. The number of hydrogen-bond acceptors (Lipinski definition) is 1. The average Bonchev–Trinajstić information content (AvgIpc) is 2.69. The van der Waals surface area contributed by atoms with E-state index in [0.717, 1.165) is 29.6 Å². The Morgan fingerprint density at radius 3 is 2.46 bits per heavy atom. The highest BCUT2D eigenvalue weighted by Crippen LogP contribution is 2.41. The SMILES string of the molecule is Clc1cccc(-c2nc3ccc4ccccc4c3c3c2CCCC3)c1Cl. The van der Waals surface area contributed by atoms with E-state index < -0.39 is 0 Å². The molecule has 1 nitrogen and oxygen atoms in total. The monoisotopic (exact) mass is 377 g/mol. The number of aromatic nitrogens is 1. The topological polar surface area (TPSA) is 12.9 Å². The summed E-state index contributed by atoms with van der Waals surface area (Å²) in [5.41, 5.74) is 5.74. The molecule has 0 unspecified atom stereocenters. The molecule has 0 bridgehead atoms. The van der Waals surface area contributed by atoms with Crippen molar-refractivity contribution in [1.82, 2.24) is 4.98 Å². The molecule has 1 aromatic heterocycles. The van der Waals surface area contributed by atoms with Gasteiger partial charge in [0, 0.05) is 10.9 Å². The van der Waals surface area contributed by atoms with Crippen molar-refractivity contribution >= 4 is 44.9 Å². The van der Waals surface area contributed by atoms with Gasteiger partial charge in [-0.05, 0) is 59.7 Å². The average molecular weight is 378 g/mol. The Labute approximate surface area is 162 Å². The number of halogens is 2. The van der Waals surface area contributed by atoms with Crippen LogP contribution in [-0.2, 0) is 12.8 Å². The second kappa shape index (κ2) is 6.26. The largest absolute Gasteiger partial charge is 0.247 e. The minimum Gasteiger partial charge on any atom is -0.247 e. The van der Waals surface area contributed by atoms with Gasteiger partial charge in [0.1, 0.15) is 0 Å². The van der Waals surface area contributed by atoms with Gasteiger partial charge in [-0.25, -0.2) is 4.98 Å². The highest BCUT2D eigenvalue weighted by atomic mass is 35.5. The first-order valence-corrected chi connectivity index (χ1v) is 9.77. The van der Waals surface area contributed by atoms with E-state index >= 15 is 0 Å². The Kier molecular flexibility index (Phi) is 3.88. The fraction of sp³-hybridized carbons (Fsp3) is 0.174. The van der Waals surface area contributed by atoms with Crippen molar-refractivity contribution in [3.8, 4) is 11.3 Å². The van der Waals surface area contributed by atoms with Crippen LogP contribution in [0.2, 0.25) is 10.0 Å². The molecule has 0 saturated carbocycles. The van der Waals surface area contributed by atoms with Gasteiger partial charge in [0.2, 0.25) is 0 Å². The first-order chi connectivity index (χ1) is 12.7. The maximum atomic E-state index is 6.54. The van der Waals surface area contributed by atoms with Crippen molar-refractivity contribution < 1.29 is 0 Å². The molecule has 5 rings (SSSR count). The highest BCUT2D eigenvalue weighted by Gasteiger charge is 2.22. The summed E-state index contributed by atoms with van der Waals surface area (Å²) in [4.78, 5) is 5.07. The molecule has 3 heteroatoms. The zero-order valence-corrected chi connectivity index (χ0v) is 15.7. The van der Waals surface area contributed by atoms with Crippen LogP contribution >= 0.6 is 23.2 Å². The molecular formula is C23H17Cl2N. The second-order valence-electron chi connectivity index (χ2n) is 6.91. The standard InChI is InChI=1S/C23H17Cl2N/c24-19-11-5-10-18(22(19)25)23-17-9-4-3-8-16(17)21-15-7-2-1-6-14(15)12-13-20(21)26-23/h1-2,5-7,10-13H,3-4,8-9H2. The molecular weight excluding hydrogens is 361 g/mol. The third kappa shape index (κ3) is 2.42. The summed E-state index contributed by atoms with van der Waals surface area (Å²) in [7, 11) is 0. The van der Waals surface area contributed by atoms with Crippen LogP contribution in [0.1, 0.15) is 24.0 Å². The lowest BCUT2D eigenvalue weighted by molar-refractivity contribution is 0.689. The number of fused-ring (bicyclic) bond motifs is 5. The highest BCUT2D eigenvalue weighted by molar-refractivity contribution is 6.43. The van der Waals surface area contributed by atoms with E-state index in [1.807, 2.05) is 18.2 Å². The summed E-state index contributed by atoms with van der Waals surface area (Å²) in [6.07, 6.45) is 4.54. The predicted molar refractivity (Wildman–Crippen MR) is 111 cm³/mol. The van der Waals surface area contributed by atoms with Gasteiger partial charge in [-0.15, -0.1) is 0 Å². The van der Waals surface area contributed by atoms with Gasteiger partial charge < -0.3 is 0 Å². The molecule has 1 aliphatic rings. The number of benzene rings is 3. The molecule has 0 fully saturated rings. The quantitative estimate of drug-likeness (QED) is 0.318. The van der Waals surface area contributed by atoms with Crippen molar-refractivity contribution in [2.75, 3.05) is 0 Å². The van der Waals surface area contributed by atoms with Crippen molar-refractivity contribution in [2.24, 2.45) is 0 Å². The normalized spacial score (nSPS) is 13.9. The summed E-state index contributed by atoms with van der Waals surface area (Å²) in [6.45, 7) is 0. The van der Waals surface area contributed by atoms with E-state index in [4.69, 9.17) is 28.2 Å². The summed E-state index contributed by atoms with van der Waals surface area (Å²) in [6, 6.07) is 18.7.